The Labute approximate surface area is 158 Å². The molecular weight excluding hydrogens is 328 g/mol. The Hall–Kier alpha value is -1.95. The van der Waals surface area contributed by atoms with Gasteiger partial charge in [0.2, 0.25) is 0 Å². The van der Waals surface area contributed by atoms with Gasteiger partial charge in [0, 0.05) is 31.9 Å². The molecule has 1 atom stereocenters. The smallest absolute Gasteiger partial charge is 0.195 e. The van der Waals surface area contributed by atoms with Crippen molar-refractivity contribution in [2.45, 2.75) is 32.6 Å². The average molecular weight is 363 g/mol. The Bertz CT molecular complexity index is 577. The lowest BCUT2D eigenvalue weighted by atomic mass is 10.0. The third kappa shape index (κ3) is 6.41. The fraction of sp³-hybridized carbons (Fsp3) is 0.650. The van der Waals surface area contributed by atoms with Crippen molar-refractivity contribution in [1.29, 1.82) is 0 Å². The van der Waals surface area contributed by atoms with Gasteiger partial charge in [-0.1, -0.05) is 6.92 Å². The zero-order valence-corrected chi connectivity index (χ0v) is 16.7. The molecule has 1 aromatic carbocycles. The van der Waals surface area contributed by atoms with Crippen LogP contribution in [0.3, 0.4) is 0 Å². The van der Waals surface area contributed by atoms with Crippen LogP contribution < -0.4 is 20.1 Å². The number of likely N-dealkylation sites (tertiary alicyclic amines) is 1. The van der Waals surface area contributed by atoms with Gasteiger partial charge < -0.3 is 25.0 Å². The number of unbranched alkanes of at least 4 members (excludes halogenated alkanes) is 1. The summed E-state index contributed by atoms with van der Waals surface area (Å²) in [6.45, 7) is 7.00. The number of benzene rings is 1. The van der Waals surface area contributed by atoms with Crippen molar-refractivity contribution in [2.24, 2.45) is 10.9 Å². The van der Waals surface area contributed by atoms with E-state index in [0.717, 1.165) is 30.5 Å². The first-order valence-corrected chi connectivity index (χ1v) is 9.58. The number of aliphatic imine (C=N–C) groups is 1. The predicted molar refractivity (Wildman–Crippen MR) is 109 cm³/mol. The molecule has 1 unspecified atom stereocenters. The minimum Gasteiger partial charge on any atom is -0.493 e. The van der Waals surface area contributed by atoms with Crippen LogP contribution in [0.1, 0.15) is 32.6 Å². The van der Waals surface area contributed by atoms with E-state index in [0.29, 0.717) is 11.5 Å². The third-order valence-electron chi connectivity index (χ3n) is 4.80. The molecule has 1 heterocycles. The van der Waals surface area contributed by atoms with Crippen LogP contribution >= 0.6 is 0 Å². The molecule has 26 heavy (non-hydrogen) atoms. The minimum absolute atomic E-state index is 0.698. The van der Waals surface area contributed by atoms with Gasteiger partial charge in [0.25, 0.3) is 0 Å². The molecule has 0 radical (unpaired) electrons. The van der Waals surface area contributed by atoms with E-state index in [4.69, 9.17) is 9.47 Å². The van der Waals surface area contributed by atoms with Crippen molar-refractivity contribution in [2.75, 3.05) is 52.8 Å². The predicted octanol–water partition coefficient (Wildman–Crippen LogP) is 3.20. The summed E-state index contributed by atoms with van der Waals surface area (Å²) in [7, 11) is 5.05. The Morgan fingerprint density at radius 3 is 2.73 bits per heavy atom. The molecular formula is C20H34N4O2. The summed E-state index contributed by atoms with van der Waals surface area (Å²) in [4.78, 5) is 6.89. The van der Waals surface area contributed by atoms with Crippen LogP contribution in [0, 0.1) is 5.92 Å². The van der Waals surface area contributed by atoms with E-state index in [1.807, 2.05) is 18.2 Å². The van der Waals surface area contributed by atoms with Crippen LogP contribution in [0.25, 0.3) is 0 Å². The standard InChI is InChI=1S/C20H34N4O2/c1-16-8-7-13-24(15-16)12-6-5-11-22-20(21-2)23-17-9-10-18(25-3)19(14-17)26-4/h9-10,14,16H,5-8,11-13,15H2,1-4H3,(H2,21,22,23). The van der Waals surface area contributed by atoms with Gasteiger partial charge >= 0.3 is 0 Å². The van der Waals surface area contributed by atoms with E-state index in [-0.39, 0.29) is 0 Å². The van der Waals surface area contributed by atoms with Crippen molar-refractivity contribution in [3.63, 3.8) is 0 Å². The highest BCUT2D eigenvalue weighted by atomic mass is 16.5. The lowest BCUT2D eigenvalue weighted by Gasteiger charge is -2.30. The summed E-state index contributed by atoms with van der Waals surface area (Å²) < 4.78 is 10.6. The second-order valence-corrected chi connectivity index (χ2v) is 6.95. The minimum atomic E-state index is 0.698. The lowest BCUT2D eigenvalue weighted by molar-refractivity contribution is 0.181. The van der Waals surface area contributed by atoms with Crippen LogP contribution in [0.15, 0.2) is 23.2 Å². The summed E-state index contributed by atoms with van der Waals surface area (Å²) in [5.41, 5.74) is 0.915. The number of hydrogen-bond acceptors (Lipinski definition) is 4. The number of nitrogens with one attached hydrogen (secondary N) is 2. The number of rotatable bonds is 8. The van der Waals surface area contributed by atoms with Gasteiger partial charge in [0.1, 0.15) is 0 Å². The third-order valence-corrected chi connectivity index (χ3v) is 4.80. The summed E-state index contributed by atoms with van der Waals surface area (Å²) in [6, 6.07) is 5.74. The number of ether oxygens (including phenoxy) is 2. The maximum Gasteiger partial charge on any atom is 0.195 e. The SMILES string of the molecule is CN=C(NCCCCN1CCCC(C)C1)Nc1ccc(OC)c(OC)c1. The molecule has 6 heteroatoms. The van der Waals surface area contributed by atoms with Crippen molar-refractivity contribution in [1.82, 2.24) is 10.2 Å². The molecule has 1 saturated heterocycles. The molecule has 0 aromatic heterocycles. The molecule has 1 aliphatic rings. The maximum absolute atomic E-state index is 5.34. The van der Waals surface area contributed by atoms with Crippen molar-refractivity contribution in [3.05, 3.63) is 18.2 Å². The quantitative estimate of drug-likeness (QED) is 0.422. The van der Waals surface area contributed by atoms with Crippen molar-refractivity contribution >= 4 is 11.6 Å². The zero-order chi connectivity index (χ0) is 18.8. The van der Waals surface area contributed by atoms with Crippen LogP contribution in [0.5, 0.6) is 11.5 Å². The normalized spacial score (nSPS) is 18.5. The Kier molecular flexibility index (Phi) is 8.54. The highest BCUT2D eigenvalue weighted by molar-refractivity contribution is 5.93. The van der Waals surface area contributed by atoms with Gasteiger partial charge in [0.05, 0.1) is 14.2 Å². The molecule has 2 N–H and O–H groups in total. The number of guanidine groups is 1. The molecule has 0 bridgehead atoms. The van der Waals surface area contributed by atoms with E-state index in [1.165, 1.54) is 38.9 Å². The summed E-state index contributed by atoms with van der Waals surface area (Å²) >= 11 is 0. The monoisotopic (exact) mass is 362 g/mol. The largest absolute Gasteiger partial charge is 0.493 e. The van der Waals surface area contributed by atoms with Crippen molar-refractivity contribution in [3.8, 4) is 11.5 Å². The van der Waals surface area contributed by atoms with E-state index in [9.17, 15) is 0 Å². The van der Waals surface area contributed by atoms with Gasteiger partial charge in [0.15, 0.2) is 17.5 Å². The first-order chi connectivity index (χ1) is 12.7. The molecule has 146 valence electrons. The van der Waals surface area contributed by atoms with Gasteiger partial charge in [-0.05, 0) is 56.8 Å². The highest BCUT2D eigenvalue weighted by Crippen LogP contribution is 2.29. The average Bonchev–Trinajstić information content (AvgIpc) is 2.66. The lowest BCUT2D eigenvalue weighted by Crippen LogP contribution is -2.35. The van der Waals surface area contributed by atoms with E-state index < -0.39 is 0 Å². The van der Waals surface area contributed by atoms with E-state index in [1.54, 1.807) is 21.3 Å². The fourth-order valence-electron chi connectivity index (χ4n) is 3.39. The summed E-state index contributed by atoms with van der Waals surface area (Å²) in [5.74, 6) is 3.03. The Morgan fingerprint density at radius 2 is 2.04 bits per heavy atom. The second-order valence-electron chi connectivity index (χ2n) is 6.95. The number of nitrogens with zero attached hydrogens (tertiary/aromatic N) is 2. The first kappa shape index (κ1) is 20.4. The number of anilines is 1. The molecule has 2 rings (SSSR count). The Balaban J connectivity index is 1.71. The van der Waals surface area contributed by atoms with Gasteiger partial charge in [-0.3, -0.25) is 4.99 Å². The van der Waals surface area contributed by atoms with Crippen molar-refractivity contribution < 1.29 is 9.47 Å². The molecule has 0 saturated carbocycles. The highest BCUT2D eigenvalue weighted by Gasteiger charge is 2.15. The number of methoxy groups -OCH3 is 2. The summed E-state index contributed by atoms with van der Waals surface area (Å²) in [6.07, 6.45) is 5.09. The maximum atomic E-state index is 5.34. The van der Waals surface area contributed by atoms with Crippen LogP contribution in [-0.4, -0.2) is 58.3 Å². The molecule has 0 aliphatic carbocycles. The second kappa shape index (κ2) is 10.9. The number of hydrogen-bond donors (Lipinski definition) is 2. The van der Waals surface area contributed by atoms with E-state index in [2.05, 4.69) is 27.4 Å². The zero-order valence-electron chi connectivity index (χ0n) is 16.7. The number of piperidine rings is 1. The molecule has 0 spiro atoms. The Morgan fingerprint density at radius 1 is 1.23 bits per heavy atom. The molecule has 1 aliphatic heterocycles. The van der Waals surface area contributed by atoms with E-state index >= 15 is 0 Å². The fourth-order valence-corrected chi connectivity index (χ4v) is 3.39. The van der Waals surface area contributed by atoms with Gasteiger partial charge in [-0.2, -0.15) is 0 Å². The van der Waals surface area contributed by atoms with Crippen LogP contribution in [-0.2, 0) is 0 Å². The topological polar surface area (TPSA) is 58.1 Å². The first-order valence-electron chi connectivity index (χ1n) is 9.58. The molecule has 1 aromatic rings. The van der Waals surface area contributed by atoms with Gasteiger partial charge in [-0.25, -0.2) is 0 Å². The van der Waals surface area contributed by atoms with Gasteiger partial charge in [-0.15, -0.1) is 0 Å². The summed E-state index contributed by atoms with van der Waals surface area (Å²) in [5, 5.41) is 6.67. The molecule has 6 nitrogen and oxygen atoms in total. The molecule has 0 amide bonds. The van der Waals surface area contributed by atoms with Crippen LogP contribution in [0.4, 0.5) is 5.69 Å². The molecule has 1 fully saturated rings. The van der Waals surface area contributed by atoms with Crippen LogP contribution in [0.2, 0.25) is 0 Å².